The van der Waals surface area contributed by atoms with Crippen LogP contribution in [0, 0.1) is 0 Å². The molecule has 0 bridgehead atoms. The number of sulfonamides is 1. The van der Waals surface area contributed by atoms with E-state index in [0.29, 0.717) is 17.5 Å². The molecule has 130 valence electrons. The third-order valence-corrected chi connectivity index (χ3v) is 4.66. The van der Waals surface area contributed by atoms with E-state index in [-0.39, 0.29) is 4.90 Å². The smallest absolute Gasteiger partial charge is 0.238 e. The number of primary sulfonamides is 1. The number of fused-ring (bicyclic) bond motifs is 1. The zero-order valence-corrected chi connectivity index (χ0v) is 14.3. The molecule has 4 aromatic rings. The number of hydrogen-bond donors (Lipinski definition) is 2. The standard InChI is InChI=1S/C17H14N6O2S/c18-26(24,25)14-6-3-5-13(10-14)21-17-19-9-8-16(22-17)23-15-7-2-1-4-12(15)11-20-23/h1-11H,(H2,18,24,25)(H,19,21,22). The van der Waals surface area contributed by atoms with Gasteiger partial charge in [0, 0.05) is 23.3 Å². The van der Waals surface area contributed by atoms with Crippen molar-refractivity contribution < 1.29 is 8.42 Å². The molecule has 8 nitrogen and oxygen atoms in total. The maximum atomic E-state index is 11.5. The van der Waals surface area contributed by atoms with E-state index in [2.05, 4.69) is 20.4 Å². The second-order valence-electron chi connectivity index (χ2n) is 5.55. The van der Waals surface area contributed by atoms with Crippen molar-refractivity contribution in [3.63, 3.8) is 0 Å². The molecule has 2 aromatic carbocycles. The van der Waals surface area contributed by atoms with Gasteiger partial charge in [0.1, 0.15) is 0 Å². The number of nitrogens with one attached hydrogen (secondary N) is 1. The van der Waals surface area contributed by atoms with Gasteiger partial charge >= 0.3 is 0 Å². The second kappa shape index (κ2) is 6.21. The monoisotopic (exact) mass is 366 g/mol. The molecule has 0 fully saturated rings. The fourth-order valence-corrected chi connectivity index (χ4v) is 3.12. The normalized spacial score (nSPS) is 11.6. The Morgan fingerprint density at radius 2 is 1.88 bits per heavy atom. The molecule has 0 radical (unpaired) electrons. The van der Waals surface area contributed by atoms with Gasteiger partial charge in [0.05, 0.1) is 16.6 Å². The number of hydrogen-bond acceptors (Lipinski definition) is 6. The van der Waals surface area contributed by atoms with Gasteiger partial charge in [0.25, 0.3) is 0 Å². The number of anilines is 2. The number of para-hydroxylation sites is 1. The van der Waals surface area contributed by atoms with Crippen LogP contribution < -0.4 is 10.5 Å². The average Bonchev–Trinajstić information content (AvgIpc) is 3.06. The van der Waals surface area contributed by atoms with Gasteiger partial charge in [-0.25, -0.2) is 23.2 Å². The lowest BCUT2D eigenvalue weighted by molar-refractivity contribution is 0.598. The first-order valence-corrected chi connectivity index (χ1v) is 9.21. The van der Waals surface area contributed by atoms with E-state index in [4.69, 9.17) is 5.14 Å². The predicted octanol–water partition coefficient (Wildman–Crippen LogP) is 2.21. The van der Waals surface area contributed by atoms with Gasteiger partial charge in [-0.2, -0.15) is 10.1 Å². The van der Waals surface area contributed by atoms with E-state index in [9.17, 15) is 8.42 Å². The van der Waals surface area contributed by atoms with Gasteiger partial charge in [0.2, 0.25) is 16.0 Å². The zero-order chi connectivity index (χ0) is 18.1. The van der Waals surface area contributed by atoms with Crippen LogP contribution in [0.25, 0.3) is 16.7 Å². The number of aromatic nitrogens is 4. The summed E-state index contributed by atoms with van der Waals surface area (Å²) in [6.07, 6.45) is 3.37. The Balaban J connectivity index is 1.69. The van der Waals surface area contributed by atoms with Gasteiger partial charge in [-0.15, -0.1) is 0 Å². The van der Waals surface area contributed by atoms with E-state index in [1.165, 1.54) is 12.1 Å². The molecule has 0 unspecified atom stereocenters. The second-order valence-corrected chi connectivity index (χ2v) is 7.11. The molecule has 2 heterocycles. The molecule has 0 amide bonds. The third-order valence-electron chi connectivity index (χ3n) is 3.75. The number of nitrogens with zero attached hydrogens (tertiary/aromatic N) is 4. The third kappa shape index (κ3) is 3.13. The summed E-state index contributed by atoms with van der Waals surface area (Å²) in [5.41, 5.74) is 1.44. The quantitative estimate of drug-likeness (QED) is 0.572. The highest BCUT2D eigenvalue weighted by Crippen LogP contribution is 2.20. The van der Waals surface area contributed by atoms with Crippen LogP contribution >= 0.6 is 0 Å². The number of rotatable bonds is 4. The van der Waals surface area contributed by atoms with E-state index in [1.54, 1.807) is 35.3 Å². The van der Waals surface area contributed by atoms with E-state index in [1.807, 2.05) is 24.3 Å². The van der Waals surface area contributed by atoms with Gasteiger partial charge in [-0.3, -0.25) is 0 Å². The largest absolute Gasteiger partial charge is 0.324 e. The first-order chi connectivity index (χ1) is 12.5. The van der Waals surface area contributed by atoms with Crippen molar-refractivity contribution in [2.24, 2.45) is 5.14 Å². The molecule has 2 aromatic heterocycles. The molecular weight excluding hydrogens is 352 g/mol. The summed E-state index contributed by atoms with van der Waals surface area (Å²) >= 11 is 0. The topological polar surface area (TPSA) is 116 Å². The van der Waals surface area contributed by atoms with Gasteiger partial charge < -0.3 is 5.32 Å². The average molecular weight is 366 g/mol. The van der Waals surface area contributed by atoms with Crippen molar-refractivity contribution in [1.82, 2.24) is 19.7 Å². The fraction of sp³-hybridized carbons (Fsp3) is 0. The molecule has 0 atom stereocenters. The first kappa shape index (κ1) is 16.2. The van der Waals surface area contributed by atoms with Crippen LogP contribution in [0.2, 0.25) is 0 Å². The minimum atomic E-state index is -3.78. The minimum Gasteiger partial charge on any atom is -0.324 e. The lowest BCUT2D eigenvalue weighted by Crippen LogP contribution is -2.12. The summed E-state index contributed by atoms with van der Waals surface area (Å²) in [5, 5.41) is 13.5. The summed E-state index contributed by atoms with van der Waals surface area (Å²) in [7, 11) is -3.78. The van der Waals surface area contributed by atoms with Crippen molar-refractivity contribution in [2.75, 3.05) is 5.32 Å². The Labute approximate surface area is 149 Å². The first-order valence-electron chi connectivity index (χ1n) is 7.67. The Kier molecular flexibility index (Phi) is 3.86. The summed E-state index contributed by atoms with van der Waals surface area (Å²) in [6, 6.07) is 15.7. The molecular formula is C17H14N6O2S. The maximum absolute atomic E-state index is 11.5. The molecule has 26 heavy (non-hydrogen) atoms. The highest BCUT2D eigenvalue weighted by molar-refractivity contribution is 7.89. The van der Waals surface area contributed by atoms with Crippen molar-refractivity contribution in [1.29, 1.82) is 0 Å². The SMILES string of the molecule is NS(=O)(=O)c1cccc(Nc2nccc(-n3ncc4ccccc43)n2)c1. The van der Waals surface area contributed by atoms with Crippen LogP contribution in [0.4, 0.5) is 11.6 Å². The van der Waals surface area contributed by atoms with Crippen molar-refractivity contribution in [3.05, 3.63) is 67.0 Å². The number of nitrogens with two attached hydrogens (primary N) is 1. The van der Waals surface area contributed by atoms with Crippen molar-refractivity contribution >= 4 is 32.6 Å². The molecule has 4 rings (SSSR count). The van der Waals surface area contributed by atoms with Crippen LogP contribution in [-0.4, -0.2) is 28.2 Å². The van der Waals surface area contributed by atoms with Crippen molar-refractivity contribution in [2.45, 2.75) is 4.90 Å². The molecule has 9 heteroatoms. The Morgan fingerprint density at radius 1 is 1.04 bits per heavy atom. The van der Waals surface area contributed by atoms with Crippen LogP contribution in [0.1, 0.15) is 0 Å². The lowest BCUT2D eigenvalue weighted by Gasteiger charge is -2.08. The van der Waals surface area contributed by atoms with Crippen LogP contribution in [-0.2, 0) is 10.0 Å². The Hall–Kier alpha value is -3.30. The molecule has 0 saturated heterocycles. The highest BCUT2D eigenvalue weighted by atomic mass is 32.2. The Bertz CT molecular complexity index is 1200. The molecule has 0 saturated carbocycles. The highest BCUT2D eigenvalue weighted by Gasteiger charge is 2.10. The van der Waals surface area contributed by atoms with Crippen LogP contribution in [0.15, 0.2) is 71.9 Å². The van der Waals surface area contributed by atoms with E-state index < -0.39 is 10.0 Å². The van der Waals surface area contributed by atoms with Crippen molar-refractivity contribution in [3.8, 4) is 5.82 Å². The molecule has 3 N–H and O–H groups in total. The van der Waals surface area contributed by atoms with E-state index in [0.717, 1.165) is 10.9 Å². The van der Waals surface area contributed by atoms with E-state index >= 15 is 0 Å². The summed E-state index contributed by atoms with van der Waals surface area (Å²) in [5.74, 6) is 0.903. The predicted molar refractivity (Wildman–Crippen MR) is 97.8 cm³/mol. The van der Waals surface area contributed by atoms with Gasteiger partial charge in [0.15, 0.2) is 5.82 Å². The summed E-state index contributed by atoms with van der Waals surface area (Å²) in [4.78, 5) is 8.63. The lowest BCUT2D eigenvalue weighted by atomic mass is 10.2. The van der Waals surface area contributed by atoms with Crippen LogP contribution in [0.3, 0.4) is 0 Å². The number of benzene rings is 2. The zero-order valence-electron chi connectivity index (χ0n) is 13.4. The molecule has 0 aliphatic carbocycles. The van der Waals surface area contributed by atoms with Gasteiger partial charge in [-0.1, -0.05) is 24.3 Å². The summed E-state index contributed by atoms with van der Waals surface area (Å²) < 4.78 is 24.7. The molecule has 0 spiro atoms. The molecule has 0 aliphatic rings. The fourth-order valence-electron chi connectivity index (χ4n) is 2.56. The van der Waals surface area contributed by atoms with Gasteiger partial charge in [-0.05, 0) is 24.3 Å². The molecule has 0 aliphatic heterocycles. The summed E-state index contributed by atoms with van der Waals surface area (Å²) in [6.45, 7) is 0. The van der Waals surface area contributed by atoms with Crippen LogP contribution in [0.5, 0.6) is 0 Å². The Morgan fingerprint density at radius 3 is 2.73 bits per heavy atom. The minimum absolute atomic E-state index is 0.0109. The maximum Gasteiger partial charge on any atom is 0.238 e.